The van der Waals surface area contributed by atoms with E-state index in [1.807, 2.05) is 24.3 Å². The molecule has 0 radical (unpaired) electrons. The van der Waals surface area contributed by atoms with Crippen LogP contribution in [0.4, 0.5) is 5.69 Å². The number of anilines is 1. The fourth-order valence-corrected chi connectivity index (χ4v) is 2.30. The number of carbonyl (C=O) groups excluding carboxylic acids is 1. The topological polar surface area (TPSA) is 47.6 Å². The van der Waals surface area contributed by atoms with Gasteiger partial charge in [0.1, 0.15) is 11.5 Å². The Labute approximate surface area is 141 Å². The maximum atomic E-state index is 11.9. The van der Waals surface area contributed by atoms with Crippen LogP contribution in [0.1, 0.15) is 25.3 Å². The van der Waals surface area contributed by atoms with E-state index in [4.69, 9.17) is 21.1 Å². The zero-order chi connectivity index (χ0) is 16.8. The molecular weight excluding hydrogens is 314 g/mol. The van der Waals surface area contributed by atoms with Crippen LogP contribution in [0.2, 0.25) is 5.02 Å². The number of amides is 1. The quantitative estimate of drug-likeness (QED) is 0.847. The SMILES string of the molecule is COc1ccc(NC(=O)COc2ccc(C(C)C)cc2)cc1Cl. The monoisotopic (exact) mass is 333 g/mol. The average molecular weight is 334 g/mol. The molecule has 0 spiro atoms. The van der Waals surface area contributed by atoms with Crippen molar-refractivity contribution in [3.8, 4) is 11.5 Å². The van der Waals surface area contributed by atoms with E-state index in [1.54, 1.807) is 18.2 Å². The minimum absolute atomic E-state index is 0.0648. The molecule has 2 rings (SSSR count). The first kappa shape index (κ1) is 17.2. The average Bonchev–Trinajstić information content (AvgIpc) is 2.53. The van der Waals surface area contributed by atoms with Crippen LogP contribution in [0.15, 0.2) is 42.5 Å². The molecule has 0 atom stereocenters. The molecule has 0 aliphatic heterocycles. The summed E-state index contributed by atoms with van der Waals surface area (Å²) in [5.74, 6) is 1.44. The molecule has 0 unspecified atom stereocenters. The first-order chi connectivity index (χ1) is 11.0. The van der Waals surface area contributed by atoms with Crippen molar-refractivity contribution in [3.05, 3.63) is 53.1 Å². The highest BCUT2D eigenvalue weighted by Gasteiger charge is 2.07. The number of hydrogen-bond donors (Lipinski definition) is 1. The van der Waals surface area contributed by atoms with Gasteiger partial charge in [0.15, 0.2) is 6.61 Å². The van der Waals surface area contributed by atoms with E-state index in [1.165, 1.54) is 12.7 Å². The smallest absolute Gasteiger partial charge is 0.262 e. The highest BCUT2D eigenvalue weighted by Crippen LogP contribution is 2.27. The van der Waals surface area contributed by atoms with Crippen molar-refractivity contribution < 1.29 is 14.3 Å². The summed E-state index contributed by atoms with van der Waals surface area (Å²) in [6.07, 6.45) is 0. The molecule has 2 aromatic rings. The maximum Gasteiger partial charge on any atom is 0.262 e. The first-order valence-electron chi connectivity index (χ1n) is 7.35. The lowest BCUT2D eigenvalue weighted by Crippen LogP contribution is -2.20. The molecule has 1 N–H and O–H groups in total. The zero-order valence-corrected chi connectivity index (χ0v) is 14.2. The fraction of sp³-hybridized carbons (Fsp3) is 0.278. The summed E-state index contributed by atoms with van der Waals surface area (Å²) in [5, 5.41) is 3.17. The van der Waals surface area contributed by atoms with Gasteiger partial charge < -0.3 is 14.8 Å². The standard InChI is InChI=1S/C18H20ClNO3/c1-12(2)13-4-7-15(8-5-13)23-11-18(21)20-14-6-9-17(22-3)16(19)10-14/h4-10,12H,11H2,1-3H3,(H,20,21). The minimum Gasteiger partial charge on any atom is -0.495 e. The van der Waals surface area contributed by atoms with E-state index in [9.17, 15) is 4.79 Å². The van der Waals surface area contributed by atoms with Gasteiger partial charge in [0.05, 0.1) is 12.1 Å². The molecule has 0 heterocycles. The highest BCUT2D eigenvalue weighted by molar-refractivity contribution is 6.32. The van der Waals surface area contributed by atoms with E-state index in [-0.39, 0.29) is 12.5 Å². The third-order valence-corrected chi connectivity index (χ3v) is 3.65. The van der Waals surface area contributed by atoms with Crippen LogP contribution in [0.5, 0.6) is 11.5 Å². The Morgan fingerprint density at radius 1 is 1.17 bits per heavy atom. The molecule has 23 heavy (non-hydrogen) atoms. The second-order valence-corrected chi connectivity index (χ2v) is 5.82. The van der Waals surface area contributed by atoms with Crippen LogP contribution >= 0.6 is 11.6 Å². The predicted octanol–water partition coefficient (Wildman–Crippen LogP) is 4.49. The number of halogens is 1. The van der Waals surface area contributed by atoms with Crippen molar-refractivity contribution in [1.29, 1.82) is 0 Å². The van der Waals surface area contributed by atoms with Crippen molar-refractivity contribution >= 4 is 23.2 Å². The molecule has 0 aliphatic carbocycles. The molecule has 2 aromatic carbocycles. The van der Waals surface area contributed by atoms with Crippen molar-refractivity contribution in [2.75, 3.05) is 19.0 Å². The van der Waals surface area contributed by atoms with Crippen molar-refractivity contribution in [2.24, 2.45) is 0 Å². The molecule has 0 saturated carbocycles. The van der Waals surface area contributed by atoms with Gasteiger partial charge in [-0.3, -0.25) is 4.79 Å². The summed E-state index contributed by atoms with van der Waals surface area (Å²) in [6.45, 7) is 4.19. The van der Waals surface area contributed by atoms with E-state index in [2.05, 4.69) is 19.2 Å². The molecule has 0 saturated heterocycles. The summed E-state index contributed by atoms with van der Waals surface area (Å²) in [5.41, 5.74) is 1.83. The van der Waals surface area contributed by atoms with Gasteiger partial charge in [-0.05, 0) is 41.8 Å². The number of methoxy groups -OCH3 is 1. The Morgan fingerprint density at radius 2 is 1.87 bits per heavy atom. The van der Waals surface area contributed by atoms with Gasteiger partial charge in [-0.2, -0.15) is 0 Å². The molecule has 0 fully saturated rings. The van der Waals surface area contributed by atoms with Gasteiger partial charge in [0, 0.05) is 5.69 Å². The molecule has 122 valence electrons. The van der Waals surface area contributed by atoms with Crippen molar-refractivity contribution in [2.45, 2.75) is 19.8 Å². The lowest BCUT2D eigenvalue weighted by molar-refractivity contribution is -0.118. The Kier molecular flexibility index (Phi) is 5.88. The van der Waals surface area contributed by atoms with Gasteiger partial charge >= 0.3 is 0 Å². The molecule has 4 nitrogen and oxygen atoms in total. The van der Waals surface area contributed by atoms with Crippen LogP contribution in [0, 0.1) is 0 Å². The Hall–Kier alpha value is -2.20. The molecule has 0 aromatic heterocycles. The van der Waals surface area contributed by atoms with Gasteiger partial charge in [0.25, 0.3) is 5.91 Å². The Morgan fingerprint density at radius 3 is 2.43 bits per heavy atom. The summed E-state index contributed by atoms with van der Waals surface area (Å²) < 4.78 is 10.5. The third-order valence-electron chi connectivity index (χ3n) is 3.35. The number of nitrogens with one attached hydrogen (secondary N) is 1. The lowest BCUT2D eigenvalue weighted by atomic mass is 10.0. The Balaban J connectivity index is 1.88. The highest BCUT2D eigenvalue weighted by atomic mass is 35.5. The molecule has 0 bridgehead atoms. The van der Waals surface area contributed by atoms with Crippen LogP contribution in [-0.2, 0) is 4.79 Å². The molecule has 0 aliphatic rings. The largest absolute Gasteiger partial charge is 0.495 e. The normalized spacial score (nSPS) is 10.5. The van der Waals surface area contributed by atoms with E-state index < -0.39 is 0 Å². The van der Waals surface area contributed by atoms with Crippen LogP contribution in [0.3, 0.4) is 0 Å². The van der Waals surface area contributed by atoms with Crippen molar-refractivity contribution in [1.82, 2.24) is 0 Å². The predicted molar refractivity (Wildman–Crippen MR) is 92.7 cm³/mol. The number of hydrogen-bond acceptors (Lipinski definition) is 3. The summed E-state index contributed by atoms with van der Waals surface area (Å²) >= 11 is 6.02. The van der Waals surface area contributed by atoms with Crippen LogP contribution < -0.4 is 14.8 Å². The van der Waals surface area contributed by atoms with Gasteiger partial charge in [-0.1, -0.05) is 37.6 Å². The fourth-order valence-electron chi connectivity index (χ4n) is 2.04. The van der Waals surface area contributed by atoms with E-state index in [0.29, 0.717) is 28.1 Å². The van der Waals surface area contributed by atoms with E-state index >= 15 is 0 Å². The lowest BCUT2D eigenvalue weighted by Gasteiger charge is -2.10. The summed E-state index contributed by atoms with van der Waals surface area (Å²) in [6, 6.07) is 12.8. The second kappa shape index (κ2) is 7.88. The molecule has 5 heteroatoms. The third kappa shape index (κ3) is 4.89. The van der Waals surface area contributed by atoms with Crippen LogP contribution in [0.25, 0.3) is 0 Å². The van der Waals surface area contributed by atoms with Crippen molar-refractivity contribution in [3.63, 3.8) is 0 Å². The molecule has 1 amide bonds. The van der Waals surface area contributed by atoms with Crippen LogP contribution in [-0.4, -0.2) is 19.6 Å². The summed E-state index contributed by atoms with van der Waals surface area (Å²) in [4.78, 5) is 11.9. The van der Waals surface area contributed by atoms with Gasteiger partial charge in [-0.25, -0.2) is 0 Å². The summed E-state index contributed by atoms with van der Waals surface area (Å²) in [7, 11) is 1.54. The second-order valence-electron chi connectivity index (χ2n) is 5.41. The molecular formula is C18H20ClNO3. The zero-order valence-electron chi connectivity index (χ0n) is 13.4. The number of carbonyl (C=O) groups is 1. The first-order valence-corrected chi connectivity index (χ1v) is 7.73. The van der Waals surface area contributed by atoms with E-state index in [0.717, 1.165) is 0 Å². The minimum atomic E-state index is -0.251. The Bertz CT molecular complexity index is 668. The van der Waals surface area contributed by atoms with Gasteiger partial charge in [0.2, 0.25) is 0 Å². The van der Waals surface area contributed by atoms with Gasteiger partial charge in [-0.15, -0.1) is 0 Å². The number of benzene rings is 2. The maximum absolute atomic E-state index is 11.9. The number of rotatable bonds is 6. The number of ether oxygens (including phenoxy) is 2.